The van der Waals surface area contributed by atoms with Gasteiger partial charge in [0.2, 0.25) is 0 Å². The molecule has 0 spiro atoms. The van der Waals surface area contributed by atoms with Crippen molar-refractivity contribution in [3.63, 3.8) is 0 Å². The smallest absolute Gasteiger partial charge is 0.132 e. The van der Waals surface area contributed by atoms with Crippen LogP contribution in [0.4, 0.5) is 5.82 Å². The van der Waals surface area contributed by atoms with Gasteiger partial charge in [0.25, 0.3) is 0 Å². The van der Waals surface area contributed by atoms with Gasteiger partial charge in [-0.25, -0.2) is 15.4 Å². The Morgan fingerprint density at radius 3 is 2.71 bits per heavy atom. The molecule has 6 atom stereocenters. The SMILES string of the molecule is CC1(OC2CCC3NNC(c4cc(N5C[C@@H]6C[C@H]5CN6Cc5ccccc5)ncn4)C3C2)CC1. The molecule has 2 aliphatic carbocycles. The van der Waals surface area contributed by atoms with E-state index >= 15 is 0 Å². The van der Waals surface area contributed by atoms with E-state index in [9.17, 15) is 0 Å². The average Bonchev–Trinajstić information content (AvgIpc) is 3.21. The molecule has 3 aliphatic heterocycles. The lowest BCUT2D eigenvalue weighted by atomic mass is 9.79. The van der Waals surface area contributed by atoms with Gasteiger partial charge in [-0.15, -0.1) is 0 Å². The number of benzene rings is 1. The third-order valence-corrected chi connectivity index (χ3v) is 8.98. The molecule has 7 heteroatoms. The van der Waals surface area contributed by atoms with Crippen LogP contribution >= 0.6 is 0 Å². The summed E-state index contributed by atoms with van der Waals surface area (Å²) in [6.07, 6.45) is 9.25. The maximum absolute atomic E-state index is 6.47. The van der Waals surface area contributed by atoms with Crippen molar-refractivity contribution in [2.24, 2.45) is 5.92 Å². The molecule has 0 radical (unpaired) electrons. The predicted octanol–water partition coefficient (Wildman–Crippen LogP) is 3.20. The van der Waals surface area contributed by atoms with Crippen LogP contribution in [0.15, 0.2) is 42.7 Å². The number of piperazine rings is 1. The maximum Gasteiger partial charge on any atom is 0.132 e. The molecule has 0 amide bonds. The summed E-state index contributed by atoms with van der Waals surface area (Å²) in [5, 5.41) is 0. The van der Waals surface area contributed by atoms with E-state index in [2.05, 4.69) is 64.0 Å². The molecule has 2 N–H and O–H groups in total. The van der Waals surface area contributed by atoms with Gasteiger partial charge in [0.1, 0.15) is 12.1 Å². The first-order valence-electron chi connectivity index (χ1n) is 13.2. The molecule has 3 saturated heterocycles. The quantitative estimate of drug-likeness (QED) is 0.686. The highest BCUT2D eigenvalue weighted by atomic mass is 16.5. The number of anilines is 1. The van der Waals surface area contributed by atoms with Crippen LogP contribution < -0.4 is 15.8 Å². The van der Waals surface area contributed by atoms with Gasteiger partial charge >= 0.3 is 0 Å². The van der Waals surface area contributed by atoms with Crippen molar-refractivity contribution in [1.82, 2.24) is 25.7 Å². The van der Waals surface area contributed by atoms with Gasteiger partial charge in [-0.3, -0.25) is 10.3 Å². The van der Waals surface area contributed by atoms with Gasteiger partial charge in [-0.2, -0.15) is 0 Å². The van der Waals surface area contributed by atoms with Crippen LogP contribution in [0.25, 0.3) is 0 Å². The third-order valence-electron chi connectivity index (χ3n) is 8.98. The molecule has 34 heavy (non-hydrogen) atoms. The molecule has 1 aromatic carbocycles. The molecule has 2 aromatic rings. The number of fused-ring (bicyclic) bond motifs is 3. The molecule has 7 rings (SSSR count). The van der Waals surface area contributed by atoms with Crippen molar-refractivity contribution < 1.29 is 4.74 Å². The Labute approximate surface area is 202 Å². The molecule has 5 fully saturated rings. The van der Waals surface area contributed by atoms with Crippen LogP contribution in [0.5, 0.6) is 0 Å². The van der Waals surface area contributed by atoms with Crippen molar-refractivity contribution in [2.75, 3.05) is 18.0 Å². The molecular formula is C27H36N6O. The van der Waals surface area contributed by atoms with Crippen LogP contribution in [0.1, 0.15) is 62.7 Å². The summed E-state index contributed by atoms with van der Waals surface area (Å²) in [4.78, 5) is 14.6. The fourth-order valence-corrected chi connectivity index (χ4v) is 6.84. The van der Waals surface area contributed by atoms with Gasteiger partial charge in [0, 0.05) is 49.7 Å². The number of nitrogens with zero attached hydrogens (tertiary/aromatic N) is 4. The Hall–Kier alpha value is -2.06. The minimum atomic E-state index is 0.151. The summed E-state index contributed by atoms with van der Waals surface area (Å²) in [6.45, 7) is 5.49. The zero-order valence-corrected chi connectivity index (χ0v) is 20.1. The minimum absolute atomic E-state index is 0.151. The monoisotopic (exact) mass is 460 g/mol. The summed E-state index contributed by atoms with van der Waals surface area (Å²) in [5.41, 5.74) is 9.82. The first-order valence-corrected chi connectivity index (χ1v) is 13.2. The van der Waals surface area contributed by atoms with E-state index in [0.29, 0.717) is 30.1 Å². The van der Waals surface area contributed by atoms with Crippen molar-refractivity contribution in [2.45, 2.75) is 87.9 Å². The Balaban J connectivity index is 1.03. The zero-order valence-electron chi connectivity index (χ0n) is 20.1. The highest BCUT2D eigenvalue weighted by Gasteiger charge is 2.47. The summed E-state index contributed by atoms with van der Waals surface area (Å²) in [5.74, 6) is 1.61. The van der Waals surface area contributed by atoms with Crippen molar-refractivity contribution in [3.8, 4) is 0 Å². The second-order valence-corrected chi connectivity index (χ2v) is 11.5. The molecule has 4 unspecified atom stereocenters. The van der Waals surface area contributed by atoms with Crippen LogP contribution in [-0.4, -0.2) is 57.8 Å². The lowest BCUT2D eigenvalue weighted by Crippen LogP contribution is -2.46. The summed E-state index contributed by atoms with van der Waals surface area (Å²) < 4.78 is 6.47. The van der Waals surface area contributed by atoms with Gasteiger partial charge < -0.3 is 9.64 Å². The molecule has 2 bridgehead atoms. The number of nitrogens with one attached hydrogen (secondary N) is 2. The molecule has 4 heterocycles. The van der Waals surface area contributed by atoms with Crippen LogP contribution in [-0.2, 0) is 11.3 Å². The topological polar surface area (TPSA) is 65.6 Å². The van der Waals surface area contributed by atoms with E-state index in [0.717, 1.165) is 44.0 Å². The van der Waals surface area contributed by atoms with Gasteiger partial charge in [-0.05, 0) is 51.0 Å². The van der Waals surface area contributed by atoms with Crippen molar-refractivity contribution in [1.29, 1.82) is 0 Å². The molecule has 180 valence electrons. The first-order chi connectivity index (χ1) is 16.6. The van der Waals surface area contributed by atoms with Crippen LogP contribution in [0, 0.1) is 5.92 Å². The molecule has 2 saturated carbocycles. The van der Waals surface area contributed by atoms with Crippen LogP contribution in [0.3, 0.4) is 0 Å². The molecular weight excluding hydrogens is 424 g/mol. The second kappa shape index (κ2) is 8.26. The maximum atomic E-state index is 6.47. The van der Waals surface area contributed by atoms with Gasteiger partial charge in [0.15, 0.2) is 0 Å². The van der Waals surface area contributed by atoms with Gasteiger partial charge in [0.05, 0.1) is 23.4 Å². The largest absolute Gasteiger partial charge is 0.372 e. The Morgan fingerprint density at radius 1 is 1.03 bits per heavy atom. The first kappa shape index (κ1) is 21.2. The summed E-state index contributed by atoms with van der Waals surface area (Å²) in [7, 11) is 0. The second-order valence-electron chi connectivity index (χ2n) is 11.5. The summed E-state index contributed by atoms with van der Waals surface area (Å²) in [6, 6.07) is 15.0. The lowest BCUT2D eigenvalue weighted by Gasteiger charge is -2.36. The number of hydrazine groups is 1. The van der Waals surface area contributed by atoms with E-state index in [-0.39, 0.29) is 11.6 Å². The third kappa shape index (κ3) is 3.92. The fraction of sp³-hybridized carbons (Fsp3) is 0.630. The summed E-state index contributed by atoms with van der Waals surface area (Å²) >= 11 is 0. The number of hydrogen-bond acceptors (Lipinski definition) is 7. The Kier molecular flexibility index (Phi) is 5.16. The number of likely N-dealkylation sites (tertiary alicyclic amines) is 1. The zero-order chi connectivity index (χ0) is 22.7. The van der Waals surface area contributed by atoms with E-state index in [1.807, 2.05) is 0 Å². The Morgan fingerprint density at radius 2 is 1.91 bits per heavy atom. The number of hydrogen-bond donors (Lipinski definition) is 2. The van der Waals surface area contributed by atoms with Crippen LogP contribution in [0.2, 0.25) is 0 Å². The highest BCUT2D eigenvalue weighted by molar-refractivity contribution is 5.44. The molecule has 7 nitrogen and oxygen atoms in total. The van der Waals surface area contributed by atoms with Gasteiger partial charge in [-0.1, -0.05) is 30.3 Å². The molecule has 1 aromatic heterocycles. The van der Waals surface area contributed by atoms with Crippen molar-refractivity contribution >= 4 is 5.82 Å². The normalized spacial score (nSPS) is 36.1. The Bertz CT molecular complexity index is 1030. The predicted molar refractivity (Wildman–Crippen MR) is 131 cm³/mol. The molecule has 5 aliphatic rings. The average molecular weight is 461 g/mol. The standard InChI is InChI=1S/C27H36N6O/c1-27(9-10-27)34-21-7-8-23-22(12-21)26(31-30-23)24-13-25(29-17-28-24)33-16-19-11-20(33)15-32(19)14-18-5-3-2-4-6-18/h2-6,13,17,19-23,26,30-31H,7-12,14-16H2,1H3/t19-,20-,21?,22?,23?,26?/m0/s1. The van der Waals surface area contributed by atoms with E-state index < -0.39 is 0 Å². The van der Waals surface area contributed by atoms with E-state index in [4.69, 9.17) is 14.7 Å². The number of ether oxygens (including phenoxy) is 1. The lowest BCUT2D eigenvalue weighted by molar-refractivity contribution is -0.0500. The minimum Gasteiger partial charge on any atom is -0.372 e. The number of aromatic nitrogens is 2. The highest BCUT2D eigenvalue weighted by Crippen LogP contribution is 2.45. The number of rotatable bonds is 6. The fourth-order valence-electron chi connectivity index (χ4n) is 6.84. The van der Waals surface area contributed by atoms with E-state index in [1.54, 1.807) is 6.33 Å². The van der Waals surface area contributed by atoms with E-state index in [1.165, 1.54) is 31.2 Å². The van der Waals surface area contributed by atoms with Crippen molar-refractivity contribution in [3.05, 3.63) is 54.0 Å².